The van der Waals surface area contributed by atoms with E-state index < -0.39 is 6.10 Å². The van der Waals surface area contributed by atoms with Crippen molar-refractivity contribution in [1.29, 1.82) is 0 Å². The van der Waals surface area contributed by atoms with E-state index in [1.54, 1.807) is 37.4 Å². The average molecular weight is 462 g/mol. The van der Waals surface area contributed by atoms with Crippen molar-refractivity contribution in [1.82, 2.24) is 0 Å². The first-order valence-corrected chi connectivity index (χ1v) is 11.1. The Morgan fingerprint density at radius 2 is 1.82 bits per heavy atom. The van der Waals surface area contributed by atoms with Gasteiger partial charge in [-0.25, -0.2) is 0 Å². The van der Waals surface area contributed by atoms with Crippen LogP contribution in [0.1, 0.15) is 41.2 Å². The third-order valence-electron chi connectivity index (χ3n) is 6.60. The van der Waals surface area contributed by atoms with Crippen molar-refractivity contribution in [3.63, 3.8) is 0 Å². The molecule has 0 saturated carbocycles. The first-order chi connectivity index (χ1) is 16.4. The number of esters is 1. The number of rotatable bonds is 5. The van der Waals surface area contributed by atoms with Gasteiger partial charge in [0.2, 0.25) is 0 Å². The molecule has 0 amide bonds. The van der Waals surface area contributed by atoms with E-state index in [4.69, 9.17) is 18.9 Å². The minimum Gasteiger partial charge on any atom is -0.508 e. The fraction of sp³-hybridized carbons (Fsp3) is 0.296. The summed E-state index contributed by atoms with van der Waals surface area (Å²) in [5.74, 6) is 1.40. The lowest BCUT2D eigenvalue weighted by atomic mass is 9.82. The van der Waals surface area contributed by atoms with Crippen LogP contribution in [0.15, 0.2) is 42.5 Å². The third-order valence-corrected chi connectivity index (χ3v) is 6.60. The summed E-state index contributed by atoms with van der Waals surface area (Å²) in [7, 11) is 3.09. The van der Waals surface area contributed by atoms with Gasteiger partial charge >= 0.3 is 5.97 Å². The molecule has 0 unspecified atom stereocenters. The lowest BCUT2D eigenvalue weighted by Gasteiger charge is -2.24. The number of aromatic hydroxyl groups is 2. The zero-order valence-electron chi connectivity index (χ0n) is 19.3. The number of fused-ring (bicyclic) bond motifs is 5. The summed E-state index contributed by atoms with van der Waals surface area (Å²) in [6, 6.07) is 12.6. The molecule has 0 fully saturated rings. The molecule has 1 heterocycles. The zero-order valence-corrected chi connectivity index (χ0v) is 19.3. The number of phenolic OH excluding ortho intramolecular Hbond substituents is 2. The molecule has 7 heteroatoms. The van der Waals surface area contributed by atoms with E-state index in [1.807, 2.05) is 6.07 Å². The molecule has 1 aliphatic heterocycles. The molecular formula is C27H26O7. The predicted octanol–water partition coefficient (Wildman–Crippen LogP) is 4.66. The standard InChI is InChI=1S/C27H26O7/c1-14(28)33-13-21-20-8-7-18-19(6-4-15-10-17(29)12-24(32-3)25(15)18)27(20)34-26(21)16-5-9-22(30)23(11-16)31-2/h5,7-12,21,26,29-30H,4,6,13H2,1-3H3/t21-,26-/m1/s1. The molecule has 7 nitrogen and oxygen atoms in total. The summed E-state index contributed by atoms with van der Waals surface area (Å²) >= 11 is 0. The van der Waals surface area contributed by atoms with Gasteiger partial charge in [0, 0.05) is 29.7 Å². The molecule has 0 bridgehead atoms. The maximum atomic E-state index is 11.6. The Morgan fingerprint density at radius 3 is 2.56 bits per heavy atom. The van der Waals surface area contributed by atoms with Crippen molar-refractivity contribution in [2.75, 3.05) is 20.8 Å². The van der Waals surface area contributed by atoms with E-state index in [-0.39, 0.29) is 30.0 Å². The van der Waals surface area contributed by atoms with Crippen molar-refractivity contribution in [3.05, 3.63) is 64.7 Å². The molecule has 3 aromatic rings. The van der Waals surface area contributed by atoms with Crippen molar-refractivity contribution in [3.8, 4) is 39.9 Å². The predicted molar refractivity (Wildman–Crippen MR) is 125 cm³/mol. The Morgan fingerprint density at radius 1 is 1.03 bits per heavy atom. The molecule has 2 aliphatic rings. The molecule has 176 valence electrons. The average Bonchev–Trinajstić information content (AvgIpc) is 3.20. The van der Waals surface area contributed by atoms with Gasteiger partial charge in [0.1, 0.15) is 30.0 Å². The van der Waals surface area contributed by atoms with Gasteiger partial charge in [-0.2, -0.15) is 0 Å². The van der Waals surface area contributed by atoms with E-state index in [0.717, 1.165) is 52.0 Å². The van der Waals surface area contributed by atoms with Gasteiger partial charge in [-0.15, -0.1) is 0 Å². The van der Waals surface area contributed by atoms with E-state index in [9.17, 15) is 15.0 Å². The molecule has 2 N–H and O–H groups in total. The fourth-order valence-electron chi connectivity index (χ4n) is 5.07. The van der Waals surface area contributed by atoms with Gasteiger partial charge in [-0.1, -0.05) is 18.2 Å². The number of hydrogen-bond donors (Lipinski definition) is 2. The lowest BCUT2D eigenvalue weighted by Crippen LogP contribution is -2.17. The first-order valence-electron chi connectivity index (χ1n) is 11.1. The van der Waals surface area contributed by atoms with Gasteiger partial charge in [-0.3, -0.25) is 4.79 Å². The number of hydrogen-bond acceptors (Lipinski definition) is 7. The van der Waals surface area contributed by atoms with E-state index >= 15 is 0 Å². The van der Waals surface area contributed by atoms with Crippen molar-refractivity contribution >= 4 is 5.97 Å². The Bertz CT molecular complexity index is 1260. The second-order valence-electron chi connectivity index (χ2n) is 8.57. The summed E-state index contributed by atoms with van der Waals surface area (Å²) in [6.45, 7) is 1.56. The number of ether oxygens (including phenoxy) is 4. The van der Waals surface area contributed by atoms with Crippen LogP contribution >= 0.6 is 0 Å². The summed E-state index contributed by atoms with van der Waals surface area (Å²) in [6.07, 6.45) is 1.06. The second-order valence-corrected chi connectivity index (χ2v) is 8.57. The van der Waals surface area contributed by atoms with E-state index in [1.165, 1.54) is 14.0 Å². The topological polar surface area (TPSA) is 94.5 Å². The minimum absolute atomic E-state index is 0.0441. The van der Waals surface area contributed by atoms with Crippen molar-refractivity contribution < 1.29 is 34.0 Å². The van der Waals surface area contributed by atoms with Crippen molar-refractivity contribution in [2.24, 2.45) is 0 Å². The molecular weight excluding hydrogens is 436 g/mol. The number of phenols is 2. The first kappa shape index (κ1) is 21.9. The molecule has 0 aromatic heterocycles. The van der Waals surface area contributed by atoms with E-state index in [2.05, 4.69) is 6.07 Å². The van der Waals surface area contributed by atoms with Gasteiger partial charge < -0.3 is 29.2 Å². The Hall–Kier alpha value is -3.87. The molecule has 0 radical (unpaired) electrons. The molecule has 1 aliphatic carbocycles. The lowest BCUT2D eigenvalue weighted by molar-refractivity contribution is -0.141. The highest BCUT2D eigenvalue weighted by Crippen LogP contribution is 2.53. The van der Waals surface area contributed by atoms with Gasteiger partial charge in [0.25, 0.3) is 0 Å². The molecule has 2 atom stereocenters. The largest absolute Gasteiger partial charge is 0.508 e. The maximum absolute atomic E-state index is 11.6. The second kappa shape index (κ2) is 8.48. The van der Waals surface area contributed by atoms with Crippen LogP contribution in [0, 0.1) is 0 Å². The van der Waals surface area contributed by atoms with Crippen molar-refractivity contribution in [2.45, 2.75) is 31.8 Å². The zero-order chi connectivity index (χ0) is 24.0. The van der Waals surface area contributed by atoms with Crippen LogP contribution in [0.5, 0.6) is 28.7 Å². The summed E-state index contributed by atoms with van der Waals surface area (Å²) < 4.78 is 22.9. The Balaban J connectivity index is 1.62. The molecule has 3 aromatic carbocycles. The fourth-order valence-corrected chi connectivity index (χ4v) is 5.07. The summed E-state index contributed by atoms with van der Waals surface area (Å²) in [4.78, 5) is 11.6. The smallest absolute Gasteiger partial charge is 0.302 e. The van der Waals surface area contributed by atoms with Crippen LogP contribution < -0.4 is 14.2 Å². The highest BCUT2D eigenvalue weighted by molar-refractivity contribution is 5.82. The third kappa shape index (κ3) is 3.57. The number of methoxy groups -OCH3 is 2. The number of benzene rings is 3. The monoisotopic (exact) mass is 462 g/mol. The molecule has 34 heavy (non-hydrogen) atoms. The van der Waals surface area contributed by atoms with Crippen LogP contribution in [0.2, 0.25) is 0 Å². The van der Waals surface area contributed by atoms with E-state index in [0.29, 0.717) is 11.5 Å². The molecule has 0 spiro atoms. The number of carbonyl (C=O) groups excluding carboxylic acids is 1. The Labute approximate surface area is 197 Å². The van der Waals surface area contributed by atoms with Gasteiger partial charge in [0.15, 0.2) is 11.5 Å². The highest BCUT2D eigenvalue weighted by Gasteiger charge is 2.40. The summed E-state index contributed by atoms with van der Waals surface area (Å²) in [5, 5.41) is 20.1. The molecule has 5 rings (SSSR count). The van der Waals surface area contributed by atoms with Crippen LogP contribution in [0.3, 0.4) is 0 Å². The van der Waals surface area contributed by atoms with Crippen LogP contribution in [-0.2, 0) is 22.4 Å². The van der Waals surface area contributed by atoms with Crippen LogP contribution in [0.4, 0.5) is 0 Å². The minimum atomic E-state index is -0.418. The Kier molecular flexibility index (Phi) is 5.48. The van der Waals surface area contributed by atoms with Gasteiger partial charge in [-0.05, 0) is 47.7 Å². The van der Waals surface area contributed by atoms with Gasteiger partial charge in [0.05, 0.1) is 20.1 Å². The maximum Gasteiger partial charge on any atom is 0.302 e. The molecule has 0 saturated heterocycles. The normalized spacial score (nSPS) is 17.7. The highest BCUT2D eigenvalue weighted by atomic mass is 16.5. The quantitative estimate of drug-likeness (QED) is 0.533. The van der Waals surface area contributed by atoms with Crippen LogP contribution in [-0.4, -0.2) is 37.0 Å². The SMILES string of the molecule is COc1cc([C@H]2Oc3c(ccc4c3CCc3cc(O)cc(OC)c3-4)[C@H]2COC(C)=O)ccc1O. The number of aryl methyl sites for hydroxylation is 1. The van der Waals surface area contributed by atoms with Crippen LogP contribution in [0.25, 0.3) is 11.1 Å². The number of carbonyl (C=O) groups is 1. The summed E-state index contributed by atoms with van der Waals surface area (Å²) in [5.41, 5.74) is 5.84.